The molecule has 0 saturated carbocycles. The van der Waals surface area contributed by atoms with E-state index in [9.17, 15) is 9.90 Å². The summed E-state index contributed by atoms with van der Waals surface area (Å²) < 4.78 is 1.61. The van der Waals surface area contributed by atoms with Crippen molar-refractivity contribution in [3.8, 4) is 11.3 Å². The zero-order chi connectivity index (χ0) is 14.4. The minimum atomic E-state index is -0.963. The Morgan fingerprint density at radius 2 is 2.10 bits per heavy atom. The van der Waals surface area contributed by atoms with Gasteiger partial charge < -0.3 is 10.1 Å². The molecule has 0 radical (unpaired) electrons. The first-order chi connectivity index (χ1) is 9.49. The van der Waals surface area contributed by atoms with Gasteiger partial charge >= 0.3 is 5.97 Å². The molecule has 0 spiro atoms. The molecular formula is C15H15N3O2. The Labute approximate surface area is 115 Å². The summed E-state index contributed by atoms with van der Waals surface area (Å²) in [6.07, 6.45) is 1.39. The number of rotatable bonds is 2. The van der Waals surface area contributed by atoms with Crippen molar-refractivity contribution in [1.82, 2.24) is 14.8 Å². The summed E-state index contributed by atoms with van der Waals surface area (Å²) in [5, 5.41) is 14.4. The molecule has 20 heavy (non-hydrogen) atoms. The Morgan fingerprint density at radius 1 is 1.35 bits per heavy atom. The van der Waals surface area contributed by atoms with E-state index in [1.165, 1.54) is 6.20 Å². The first kappa shape index (κ1) is 12.5. The lowest BCUT2D eigenvalue weighted by atomic mass is 10.0. The molecule has 2 N–H and O–H groups in total. The Bertz CT molecular complexity index is 827. The normalized spacial score (nSPS) is 11.2. The molecule has 0 aliphatic rings. The summed E-state index contributed by atoms with van der Waals surface area (Å²) in [7, 11) is 1.76. The van der Waals surface area contributed by atoms with Crippen molar-refractivity contribution in [1.29, 1.82) is 0 Å². The molecule has 3 rings (SSSR count). The molecule has 5 heteroatoms. The first-order valence-electron chi connectivity index (χ1n) is 6.33. The van der Waals surface area contributed by atoms with Crippen LogP contribution in [0.25, 0.3) is 22.2 Å². The van der Waals surface area contributed by atoms with Crippen molar-refractivity contribution in [3.63, 3.8) is 0 Å². The number of fused-ring (bicyclic) bond motifs is 1. The Hall–Kier alpha value is -2.56. The second kappa shape index (κ2) is 4.23. The predicted molar refractivity (Wildman–Crippen MR) is 76.9 cm³/mol. The summed E-state index contributed by atoms with van der Waals surface area (Å²) in [5.41, 5.74) is 4.83. The van der Waals surface area contributed by atoms with Crippen LogP contribution in [0.1, 0.15) is 21.6 Å². The van der Waals surface area contributed by atoms with Gasteiger partial charge in [-0.3, -0.25) is 4.68 Å². The monoisotopic (exact) mass is 269 g/mol. The molecule has 0 saturated heterocycles. The number of nitrogens with one attached hydrogen (secondary N) is 1. The van der Waals surface area contributed by atoms with Crippen LogP contribution in [0.2, 0.25) is 0 Å². The maximum Gasteiger partial charge on any atom is 0.339 e. The van der Waals surface area contributed by atoms with Gasteiger partial charge in [-0.25, -0.2) is 4.79 Å². The van der Waals surface area contributed by atoms with Gasteiger partial charge in [-0.2, -0.15) is 5.10 Å². The van der Waals surface area contributed by atoms with Gasteiger partial charge in [0.15, 0.2) is 0 Å². The fourth-order valence-electron chi connectivity index (χ4n) is 2.64. The maximum atomic E-state index is 11.4. The highest BCUT2D eigenvalue weighted by Gasteiger charge is 2.21. The number of carboxylic acid groups (broad SMARTS) is 1. The molecule has 3 aromatic rings. The summed E-state index contributed by atoms with van der Waals surface area (Å²) in [5.74, 6) is -0.963. The van der Waals surface area contributed by atoms with E-state index in [-0.39, 0.29) is 5.56 Å². The van der Waals surface area contributed by atoms with Gasteiger partial charge in [0.05, 0.1) is 11.9 Å². The van der Waals surface area contributed by atoms with E-state index in [0.29, 0.717) is 5.69 Å². The summed E-state index contributed by atoms with van der Waals surface area (Å²) in [6.45, 7) is 3.97. The van der Waals surface area contributed by atoms with Gasteiger partial charge in [0.2, 0.25) is 0 Å². The van der Waals surface area contributed by atoms with Crippen LogP contribution in [0.3, 0.4) is 0 Å². The quantitative estimate of drug-likeness (QED) is 0.751. The van der Waals surface area contributed by atoms with Crippen molar-refractivity contribution in [2.75, 3.05) is 0 Å². The molecule has 0 aliphatic heterocycles. The number of H-pyrrole nitrogens is 1. The van der Waals surface area contributed by atoms with E-state index in [1.54, 1.807) is 11.7 Å². The number of hydrogen-bond donors (Lipinski definition) is 2. The predicted octanol–water partition coefficient (Wildman–Crippen LogP) is 2.88. The van der Waals surface area contributed by atoms with Crippen LogP contribution in [0.5, 0.6) is 0 Å². The van der Waals surface area contributed by atoms with Gasteiger partial charge in [-0.15, -0.1) is 0 Å². The van der Waals surface area contributed by atoms with Crippen LogP contribution < -0.4 is 0 Å². The smallest absolute Gasteiger partial charge is 0.339 e. The van der Waals surface area contributed by atoms with Crippen LogP contribution in [0.4, 0.5) is 0 Å². The van der Waals surface area contributed by atoms with Crippen molar-refractivity contribution in [3.05, 3.63) is 41.2 Å². The first-order valence-corrected chi connectivity index (χ1v) is 6.33. The van der Waals surface area contributed by atoms with Crippen molar-refractivity contribution in [2.45, 2.75) is 13.8 Å². The Morgan fingerprint density at radius 3 is 2.80 bits per heavy atom. The number of aromatic nitrogens is 3. The number of carboxylic acids is 1. The zero-order valence-corrected chi connectivity index (χ0v) is 11.6. The van der Waals surface area contributed by atoms with Gasteiger partial charge in [0.1, 0.15) is 5.56 Å². The molecule has 0 unspecified atom stereocenters. The summed E-state index contributed by atoms with van der Waals surface area (Å²) in [4.78, 5) is 14.7. The molecule has 0 amide bonds. The van der Waals surface area contributed by atoms with Gasteiger partial charge in [0, 0.05) is 29.2 Å². The van der Waals surface area contributed by atoms with E-state index in [2.05, 4.69) is 16.1 Å². The van der Waals surface area contributed by atoms with Gasteiger partial charge in [0.25, 0.3) is 0 Å². The van der Waals surface area contributed by atoms with Crippen LogP contribution in [-0.2, 0) is 7.05 Å². The second-order valence-electron chi connectivity index (χ2n) is 5.01. The minimum absolute atomic E-state index is 0.220. The maximum absolute atomic E-state index is 11.4. The minimum Gasteiger partial charge on any atom is -0.478 e. The molecular weight excluding hydrogens is 254 g/mol. The SMILES string of the molecule is Cc1ccc2[nH]c(C)c(-c3c(C(=O)O)cnn3C)c2c1. The molecule has 0 atom stereocenters. The number of aryl methyl sites for hydroxylation is 3. The third-order valence-electron chi connectivity index (χ3n) is 3.55. The van der Waals surface area contributed by atoms with E-state index < -0.39 is 5.97 Å². The standard InChI is InChI=1S/C15H15N3O2/c1-8-4-5-12-10(6-8)13(9(2)17-12)14-11(15(19)20)7-16-18(14)3/h4-7,17H,1-3H3,(H,19,20). The van der Waals surface area contributed by atoms with Crippen molar-refractivity contribution in [2.24, 2.45) is 7.05 Å². The van der Waals surface area contributed by atoms with Crippen LogP contribution in [0.15, 0.2) is 24.4 Å². The molecule has 0 bridgehead atoms. The molecule has 2 aromatic heterocycles. The largest absolute Gasteiger partial charge is 0.478 e. The summed E-state index contributed by atoms with van der Waals surface area (Å²) in [6, 6.07) is 6.11. The molecule has 2 heterocycles. The highest BCUT2D eigenvalue weighted by atomic mass is 16.4. The van der Waals surface area contributed by atoms with Gasteiger partial charge in [-0.1, -0.05) is 11.6 Å². The Balaban J connectivity index is 2.40. The fourth-order valence-corrected chi connectivity index (χ4v) is 2.64. The average Bonchev–Trinajstić information content (AvgIpc) is 2.89. The van der Waals surface area contributed by atoms with E-state index in [1.807, 2.05) is 26.0 Å². The third-order valence-corrected chi connectivity index (χ3v) is 3.55. The number of hydrogen-bond acceptors (Lipinski definition) is 2. The molecule has 102 valence electrons. The van der Waals surface area contributed by atoms with Crippen LogP contribution in [0, 0.1) is 13.8 Å². The van der Waals surface area contributed by atoms with E-state index in [0.717, 1.165) is 27.7 Å². The number of aromatic carboxylic acids is 1. The molecule has 0 aliphatic carbocycles. The average molecular weight is 269 g/mol. The number of benzene rings is 1. The fraction of sp³-hybridized carbons (Fsp3) is 0.200. The lowest BCUT2D eigenvalue weighted by Gasteiger charge is -2.05. The lowest BCUT2D eigenvalue weighted by molar-refractivity contribution is 0.0697. The Kier molecular flexibility index (Phi) is 2.64. The van der Waals surface area contributed by atoms with Crippen molar-refractivity contribution >= 4 is 16.9 Å². The summed E-state index contributed by atoms with van der Waals surface area (Å²) >= 11 is 0. The van der Waals surface area contributed by atoms with E-state index in [4.69, 9.17) is 0 Å². The molecule has 5 nitrogen and oxygen atoms in total. The van der Waals surface area contributed by atoms with Crippen molar-refractivity contribution < 1.29 is 9.90 Å². The third kappa shape index (κ3) is 1.71. The number of nitrogens with zero attached hydrogens (tertiary/aromatic N) is 2. The molecule has 1 aromatic carbocycles. The van der Waals surface area contributed by atoms with Crippen LogP contribution >= 0.6 is 0 Å². The number of carbonyl (C=O) groups is 1. The highest BCUT2D eigenvalue weighted by molar-refractivity contribution is 6.03. The highest BCUT2D eigenvalue weighted by Crippen LogP contribution is 2.34. The zero-order valence-electron chi connectivity index (χ0n) is 11.6. The second-order valence-corrected chi connectivity index (χ2v) is 5.01. The lowest BCUT2D eigenvalue weighted by Crippen LogP contribution is -2.01. The van der Waals surface area contributed by atoms with E-state index >= 15 is 0 Å². The molecule has 0 fully saturated rings. The number of aromatic amines is 1. The van der Waals surface area contributed by atoms with Crippen LogP contribution in [-0.4, -0.2) is 25.8 Å². The topological polar surface area (TPSA) is 70.9 Å². The van der Waals surface area contributed by atoms with Gasteiger partial charge in [-0.05, 0) is 26.0 Å².